The first kappa shape index (κ1) is 27.1. The van der Waals surface area contributed by atoms with Crippen molar-refractivity contribution in [3.8, 4) is 0 Å². The molecule has 0 bridgehead atoms. The number of unbranched alkanes of at least 4 members (excludes halogenated alkanes) is 5. The topological polar surface area (TPSA) is 54.7 Å². The first-order valence-electron chi connectivity index (χ1n) is 11.1. The molecule has 0 aliphatic rings. The van der Waals surface area contributed by atoms with Crippen LogP contribution in [-0.4, -0.2) is 36.6 Å². The molecule has 0 unspecified atom stereocenters. The number of ether oxygens (including phenoxy) is 1. The van der Waals surface area contributed by atoms with Crippen molar-refractivity contribution in [2.75, 3.05) is 20.8 Å². The van der Waals surface area contributed by atoms with Gasteiger partial charge in [0.2, 0.25) is 0 Å². The zero-order chi connectivity index (χ0) is 21.7. The Hall–Kier alpha value is -1.94. The van der Waals surface area contributed by atoms with Gasteiger partial charge in [0, 0.05) is 26.6 Å². The fourth-order valence-corrected chi connectivity index (χ4v) is 3.03. The summed E-state index contributed by atoms with van der Waals surface area (Å²) in [5.41, 5.74) is 3.56. The molecule has 0 atom stereocenters. The number of hydrogen-bond acceptors (Lipinski definition) is 4. The van der Waals surface area contributed by atoms with Gasteiger partial charge in [0.1, 0.15) is 11.5 Å². The largest absolute Gasteiger partial charge is 0.492 e. The van der Waals surface area contributed by atoms with Gasteiger partial charge < -0.3 is 9.84 Å². The predicted molar refractivity (Wildman–Crippen MR) is 126 cm³/mol. The third-order valence-corrected chi connectivity index (χ3v) is 4.63. The fourth-order valence-electron chi connectivity index (χ4n) is 3.03. The molecule has 1 heterocycles. The first-order valence-corrected chi connectivity index (χ1v) is 11.1. The minimum atomic E-state index is 0.767. The van der Waals surface area contributed by atoms with E-state index in [1.54, 1.807) is 0 Å². The highest BCUT2D eigenvalue weighted by atomic mass is 16.5. The second-order valence-electron chi connectivity index (χ2n) is 6.87. The van der Waals surface area contributed by atoms with Crippen molar-refractivity contribution in [3.05, 3.63) is 53.6 Å². The number of allylic oxidation sites excluding steroid dienone is 3. The van der Waals surface area contributed by atoms with Gasteiger partial charge in [-0.1, -0.05) is 58.1 Å². The number of aromatic nitrogens is 1. The maximum atomic E-state index is 7.00. The second kappa shape index (κ2) is 19.4. The van der Waals surface area contributed by atoms with E-state index in [2.05, 4.69) is 42.0 Å². The monoisotopic (exact) mass is 402 g/mol. The molecule has 0 aliphatic heterocycles. The molecule has 1 N–H and O–H groups in total. The van der Waals surface area contributed by atoms with Crippen LogP contribution < -0.4 is 0 Å². The Morgan fingerprint density at radius 3 is 2.48 bits per heavy atom. The van der Waals surface area contributed by atoms with Crippen molar-refractivity contribution in [2.45, 2.75) is 78.6 Å². The quantitative estimate of drug-likeness (QED) is 0.225. The van der Waals surface area contributed by atoms with E-state index < -0.39 is 0 Å². The van der Waals surface area contributed by atoms with Crippen molar-refractivity contribution in [1.82, 2.24) is 4.98 Å². The van der Waals surface area contributed by atoms with Gasteiger partial charge in [-0.25, -0.2) is 0 Å². The van der Waals surface area contributed by atoms with Gasteiger partial charge in [0.05, 0.1) is 6.61 Å². The van der Waals surface area contributed by atoms with Gasteiger partial charge in [-0.05, 0) is 55.9 Å². The second-order valence-corrected chi connectivity index (χ2v) is 6.87. The highest BCUT2D eigenvalue weighted by Crippen LogP contribution is 2.18. The third-order valence-electron chi connectivity index (χ3n) is 4.63. The Balaban J connectivity index is 0.00000379. The Labute approximate surface area is 178 Å². The van der Waals surface area contributed by atoms with E-state index in [0.717, 1.165) is 50.9 Å². The van der Waals surface area contributed by atoms with Crippen LogP contribution in [0.2, 0.25) is 0 Å². The van der Waals surface area contributed by atoms with Crippen LogP contribution in [0, 0.1) is 0 Å². The lowest BCUT2D eigenvalue weighted by atomic mass is 9.98. The Kier molecular flexibility index (Phi) is 18.1. The van der Waals surface area contributed by atoms with Gasteiger partial charge in [0.25, 0.3) is 0 Å². The lowest BCUT2D eigenvalue weighted by Gasteiger charge is -2.16. The predicted octanol–water partition coefficient (Wildman–Crippen LogP) is 6.31. The van der Waals surface area contributed by atoms with E-state index in [1.165, 1.54) is 43.2 Å². The zero-order valence-corrected chi connectivity index (χ0v) is 19.3. The summed E-state index contributed by atoms with van der Waals surface area (Å²) in [5, 5.41) is 7.00. The molecule has 29 heavy (non-hydrogen) atoms. The summed E-state index contributed by atoms with van der Waals surface area (Å²) < 4.78 is 6.11. The molecule has 4 heteroatoms. The number of hydrogen-bond donors (Lipinski definition) is 1. The molecule has 0 fully saturated rings. The van der Waals surface area contributed by atoms with Gasteiger partial charge in [-0.2, -0.15) is 0 Å². The number of aliphatic hydroxyl groups excluding tert-OH is 1. The van der Waals surface area contributed by atoms with E-state index in [-0.39, 0.29) is 0 Å². The van der Waals surface area contributed by atoms with E-state index in [1.807, 2.05) is 32.4 Å². The molecule has 0 spiro atoms. The number of aliphatic hydroxyl groups is 1. The highest BCUT2D eigenvalue weighted by molar-refractivity contribution is 6.11. The normalized spacial score (nSPS) is 12.4. The molecule has 0 aromatic carbocycles. The van der Waals surface area contributed by atoms with Crippen molar-refractivity contribution in [2.24, 2.45) is 4.99 Å². The fraction of sp³-hybridized carbons (Fsp3) is 0.600. The third kappa shape index (κ3) is 12.3. The highest BCUT2D eigenvalue weighted by Gasteiger charge is 2.13. The molecule has 4 nitrogen and oxygen atoms in total. The van der Waals surface area contributed by atoms with Gasteiger partial charge >= 0.3 is 0 Å². The van der Waals surface area contributed by atoms with Crippen LogP contribution in [-0.2, 0) is 11.2 Å². The van der Waals surface area contributed by atoms with Crippen molar-refractivity contribution in [3.63, 3.8) is 0 Å². The Morgan fingerprint density at radius 1 is 1.14 bits per heavy atom. The number of aryl methyl sites for hydroxylation is 1. The molecule has 0 aliphatic carbocycles. The summed E-state index contributed by atoms with van der Waals surface area (Å²) in [7, 11) is 2.87. The summed E-state index contributed by atoms with van der Waals surface area (Å²) in [6, 6.07) is 4.14. The summed E-state index contributed by atoms with van der Waals surface area (Å²) in [6.07, 6.45) is 18.5. The van der Waals surface area contributed by atoms with Crippen LogP contribution >= 0.6 is 0 Å². The minimum absolute atomic E-state index is 0.767. The van der Waals surface area contributed by atoms with Crippen LogP contribution in [0.1, 0.15) is 77.7 Å². The van der Waals surface area contributed by atoms with E-state index >= 15 is 0 Å². The lowest BCUT2D eigenvalue weighted by molar-refractivity contribution is 0.222. The Bertz CT molecular complexity index is 592. The average Bonchev–Trinajstić information content (AvgIpc) is 2.78. The molecular weight excluding hydrogens is 360 g/mol. The lowest BCUT2D eigenvalue weighted by Crippen LogP contribution is -2.12. The first-order chi connectivity index (χ1) is 14.3. The number of pyridine rings is 1. The molecule has 0 saturated carbocycles. The van der Waals surface area contributed by atoms with Crippen molar-refractivity contribution >= 4 is 5.71 Å². The van der Waals surface area contributed by atoms with Crippen molar-refractivity contribution in [1.29, 1.82) is 0 Å². The summed E-state index contributed by atoms with van der Waals surface area (Å²) in [4.78, 5) is 8.84. The van der Waals surface area contributed by atoms with Crippen LogP contribution in [0.15, 0.2) is 53.0 Å². The summed E-state index contributed by atoms with van der Waals surface area (Å²) in [5.74, 6) is 0.919. The number of aliphatic imine (C=N–C) groups is 1. The summed E-state index contributed by atoms with van der Waals surface area (Å²) >= 11 is 0. The maximum absolute atomic E-state index is 7.00. The summed E-state index contributed by atoms with van der Waals surface area (Å²) in [6.45, 7) is 7.27. The van der Waals surface area contributed by atoms with E-state index in [9.17, 15) is 0 Å². The van der Waals surface area contributed by atoms with Crippen LogP contribution in [0.4, 0.5) is 0 Å². The van der Waals surface area contributed by atoms with E-state index in [0.29, 0.717) is 0 Å². The molecule has 0 saturated heterocycles. The zero-order valence-electron chi connectivity index (χ0n) is 19.3. The smallest absolute Gasteiger partial charge is 0.140 e. The molecule has 0 radical (unpaired) electrons. The van der Waals surface area contributed by atoms with Crippen LogP contribution in [0.3, 0.4) is 0 Å². The molecule has 0 amide bonds. The van der Waals surface area contributed by atoms with Crippen LogP contribution in [0.5, 0.6) is 0 Å². The molecular formula is C25H42N2O2. The van der Waals surface area contributed by atoms with E-state index in [4.69, 9.17) is 9.84 Å². The minimum Gasteiger partial charge on any atom is -0.492 e. The van der Waals surface area contributed by atoms with Gasteiger partial charge in [0.15, 0.2) is 0 Å². The van der Waals surface area contributed by atoms with Gasteiger partial charge in [-0.3, -0.25) is 9.98 Å². The SMILES string of the molecule is C/C=C(/OCCCCCC)C(=NC)/C(=C/CCCC)CCc1cccnc1.CO. The molecule has 1 aromatic rings. The van der Waals surface area contributed by atoms with Crippen LogP contribution in [0.25, 0.3) is 0 Å². The standard InChI is InChI=1S/C24H38N2O.CH4O/c1-5-8-10-12-19-27-23(7-3)24(25-4)22(15-11-9-6-2)17-16-21-14-13-18-26-20-21;1-2/h7,13-15,18,20H,5-6,8-12,16-17,19H2,1-4H3;2H,1H3/b22-15+,23-7+,25-24?;. The van der Waals surface area contributed by atoms with Crippen molar-refractivity contribution < 1.29 is 9.84 Å². The molecule has 164 valence electrons. The Morgan fingerprint density at radius 2 is 1.90 bits per heavy atom. The molecule has 1 aromatic heterocycles. The average molecular weight is 403 g/mol. The number of nitrogens with zero attached hydrogens (tertiary/aromatic N) is 2. The maximum Gasteiger partial charge on any atom is 0.140 e. The number of rotatable bonds is 14. The van der Waals surface area contributed by atoms with Gasteiger partial charge in [-0.15, -0.1) is 0 Å². The molecule has 1 rings (SSSR count).